The molecule has 1 rings (SSSR count). The Hall–Kier alpha value is -0.570. The predicted molar refractivity (Wildman–Crippen MR) is 62.7 cm³/mol. The second kappa shape index (κ2) is 4.97. The van der Waals surface area contributed by atoms with Gasteiger partial charge in [0.05, 0.1) is 5.54 Å². The van der Waals surface area contributed by atoms with Gasteiger partial charge in [0.15, 0.2) is 0 Å². The zero-order chi connectivity index (χ0) is 11.5. The van der Waals surface area contributed by atoms with Crippen LogP contribution >= 0.6 is 0 Å². The van der Waals surface area contributed by atoms with Gasteiger partial charge in [-0.3, -0.25) is 4.79 Å². The lowest BCUT2D eigenvalue weighted by molar-refractivity contribution is -0.140. The van der Waals surface area contributed by atoms with Gasteiger partial charge in [-0.15, -0.1) is 0 Å². The van der Waals surface area contributed by atoms with Crippen LogP contribution in [-0.4, -0.2) is 36.0 Å². The molecule has 0 bridgehead atoms. The van der Waals surface area contributed by atoms with Gasteiger partial charge in [0.25, 0.3) is 0 Å². The summed E-state index contributed by atoms with van der Waals surface area (Å²) in [5.41, 5.74) is -0.371. The van der Waals surface area contributed by atoms with Crippen molar-refractivity contribution >= 4 is 5.91 Å². The van der Waals surface area contributed by atoms with Gasteiger partial charge in [0.2, 0.25) is 5.91 Å². The fourth-order valence-electron chi connectivity index (χ4n) is 2.11. The second-order valence-electron chi connectivity index (χ2n) is 4.99. The Morgan fingerprint density at radius 3 is 2.53 bits per heavy atom. The van der Waals surface area contributed by atoms with E-state index in [1.54, 1.807) is 0 Å². The van der Waals surface area contributed by atoms with E-state index >= 15 is 0 Å². The highest BCUT2D eigenvalue weighted by Crippen LogP contribution is 2.16. The Balaban J connectivity index is 2.58. The Morgan fingerprint density at radius 2 is 2.00 bits per heavy atom. The molecule has 0 aromatic carbocycles. The normalized spacial score (nSPS) is 21.1. The molecule has 0 aliphatic carbocycles. The SMILES string of the molecule is CCC(CC)CN1CCNC(C)(C)C1=O. The summed E-state index contributed by atoms with van der Waals surface area (Å²) in [6.45, 7) is 11.0. The molecule has 1 N–H and O–H groups in total. The fraction of sp³-hybridized carbons (Fsp3) is 0.917. The van der Waals surface area contributed by atoms with Crippen LogP contribution in [0.5, 0.6) is 0 Å². The van der Waals surface area contributed by atoms with E-state index in [-0.39, 0.29) is 11.4 Å². The molecule has 3 nitrogen and oxygen atoms in total. The van der Waals surface area contributed by atoms with Crippen molar-refractivity contribution in [1.29, 1.82) is 0 Å². The van der Waals surface area contributed by atoms with Crippen LogP contribution in [0.2, 0.25) is 0 Å². The van der Waals surface area contributed by atoms with Gasteiger partial charge in [-0.1, -0.05) is 26.7 Å². The largest absolute Gasteiger partial charge is 0.340 e. The second-order valence-corrected chi connectivity index (χ2v) is 4.99. The number of carbonyl (C=O) groups excluding carboxylic acids is 1. The summed E-state index contributed by atoms with van der Waals surface area (Å²) >= 11 is 0. The minimum absolute atomic E-state index is 0.251. The molecule has 0 spiro atoms. The summed E-state index contributed by atoms with van der Waals surface area (Å²) in [6.07, 6.45) is 2.32. The monoisotopic (exact) mass is 212 g/mol. The summed E-state index contributed by atoms with van der Waals surface area (Å²) in [4.78, 5) is 14.1. The Bertz CT molecular complexity index is 222. The molecular formula is C12H24N2O. The van der Waals surface area contributed by atoms with Crippen molar-refractivity contribution in [2.24, 2.45) is 5.92 Å². The zero-order valence-corrected chi connectivity index (χ0v) is 10.5. The summed E-state index contributed by atoms with van der Waals surface area (Å²) in [5, 5.41) is 3.26. The van der Waals surface area contributed by atoms with Crippen molar-refractivity contribution in [3.63, 3.8) is 0 Å². The molecule has 0 radical (unpaired) electrons. The van der Waals surface area contributed by atoms with Crippen molar-refractivity contribution in [3.8, 4) is 0 Å². The van der Waals surface area contributed by atoms with E-state index in [2.05, 4.69) is 19.2 Å². The topological polar surface area (TPSA) is 32.3 Å². The number of amides is 1. The predicted octanol–water partition coefficient (Wildman–Crippen LogP) is 1.63. The summed E-state index contributed by atoms with van der Waals surface area (Å²) in [7, 11) is 0. The van der Waals surface area contributed by atoms with Crippen LogP contribution in [0, 0.1) is 5.92 Å². The molecule has 1 aliphatic heterocycles. The van der Waals surface area contributed by atoms with Gasteiger partial charge in [-0.2, -0.15) is 0 Å². The van der Waals surface area contributed by atoms with E-state index < -0.39 is 0 Å². The maximum Gasteiger partial charge on any atom is 0.242 e. The summed E-state index contributed by atoms with van der Waals surface area (Å²) in [5.74, 6) is 0.906. The Labute approximate surface area is 93.2 Å². The molecule has 0 saturated carbocycles. The molecule has 0 aromatic heterocycles. The number of rotatable bonds is 4. The van der Waals surface area contributed by atoms with E-state index in [1.807, 2.05) is 18.7 Å². The van der Waals surface area contributed by atoms with Crippen molar-refractivity contribution < 1.29 is 4.79 Å². The van der Waals surface area contributed by atoms with E-state index in [0.29, 0.717) is 5.92 Å². The van der Waals surface area contributed by atoms with Gasteiger partial charge in [0, 0.05) is 19.6 Å². The average molecular weight is 212 g/mol. The molecule has 1 heterocycles. The highest BCUT2D eigenvalue weighted by Gasteiger charge is 2.35. The molecule has 0 aromatic rings. The van der Waals surface area contributed by atoms with E-state index in [4.69, 9.17) is 0 Å². The average Bonchev–Trinajstić information content (AvgIpc) is 2.20. The molecule has 3 heteroatoms. The van der Waals surface area contributed by atoms with Crippen LogP contribution in [0.3, 0.4) is 0 Å². The molecule has 0 atom stereocenters. The molecule has 1 saturated heterocycles. The van der Waals surface area contributed by atoms with Crippen molar-refractivity contribution in [1.82, 2.24) is 10.2 Å². The first-order chi connectivity index (χ1) is 7.01. The van der Waals surface area contributed by atoms with Crippen LogP contribution in [0.1, 0.15) is 40.5 Å². The van der Waals surface area contributed by atoms with Gasteiger partial charge >= 0.3 is 0 Å². The molecule has 88 valence electrons. The fourth-order valence-corrected chi connectivity index (χ4v) is 2.11. The van der Waals surface area contributed by atoms with Gasteiger partial charge < -0.3 is 10.2 Å². The third-order valence-electron chi connectivity index (χ3n) is 3.40. The minimum atomic E-state index is -0.371. The lowest BCUT2D eigenvalue weighted by Crippen LogP contribution is -2.61. The standard InChI is InChI=1S/C12H24N2O/c1-5-10(6-2)9-14-8-7-13-12(3,4)11(14)15/h10,13H,5-9H2,1-4H3. The highest BCUT2D eigenvalue weighted by atomic mass is 16.2. The summed E-state index contributed by atoms with van der Waals surface area (Å²) in [6, 6.07) is 0. The first-order valence-electron chi connectivity index (χ1n) is 6.05. The van der Waals surface area contributed by atoms with E-state index in [1.165, 1.54) is 0 Å². The van der Waals surface area contributed by atoms with Crippen molar-refractivity contribution in [2.75, 3.05) is 19.6 Å². The van der Waals surface area contributed by atoms with E-state index in [9.17, 15) is 4.79 Å². The van der Waals surface area contributed by atoms with Crippen LogP contribution in [0.15, 0.2) is 0 Å². The summed E-state index contributed by atoms with van der Waals surface area (Å²) < 4.78 is 0. The quantitative estimate of drug-likeness (QED) is 0.768. The number of carbonyl (C=O) groups is 1. The highest BCUT2D eigenvalue weighted by molar-refractivity contribution is 5.86. The zero-order valence-electron chi connectivity index (χ0n) is 10.5. The van der Waals surface area contributed by atoms with Gasteiger partial charge in [0.1, 0.15) is 0 Å². The molecule has 1 fully saturated rings. The maximum absolute atomic E-state index is 12.1. The molecule has 15 heavy (non-hydrogen) atoms. The number of hydrogen-bond donors (Lipinski definition) is 1. The molecule has 0 unspecified atom stereocenters. The van der Waals surface area contributed by atoms with Crippen molar-refractivity contribution in [2.45, 2.75) is 46.1 Å². The number of piperazine rings is 1. The van der Waals surface area contributed by atoms with Crippen LogP contribution in [0.25, 0.3) is 0 Å². The van der Waals surface area contributed by atoms with Gasteiger partial charge in [-0.25, -0.2) is 0 Å². The molecular weight excluding hydrogens is 188 g/mol. The maximum atomic E-state index is 12.1. The lowest BCUT2D eigenvalue weighted by atomic mass is 9.97. The molecule has 1 aliphatic rings. The third-order valence-corrected chi connectivity index (χ3v) is 3.40. The Morgan fingerprint density at radius 1 is 1.40 bits per heavy atom. The number of hydrogen-bond acceptors (Lipinski definition) is 2. The smallest absolute Gasteiger partial charge is 0.242 e. The minimum Gasteiger partial charge on any atom is -0.340 e. The van der Waals surface area contributed by atoms with Crippen LogP contribution in [-0.2, 0) is 4.79 Å². The van der Waals surface area contributed by atoms with Gasteiger partial charge in [-0.05, 0) is 19.8 Å². The lowest BCUT2D eigenvalue weighted by Gasteiger charge is -2.39. The van der Waals surface area contributed by atoms with Crippen LogP contribution < -0.4 is 5.32 Å². The number of nitrogens with one attached hydrogen (secondary N) is 1. The molecule has 1 amide bonds. The third kappa shape index (κ3) is 2.94. The van der Waals surface area contributed by atoms with Crippen LogP contribution in [0.4, 0.5) is 0 Å². The first-order valence-corrected chi connectivity index (χ1v) is 6.05. The Kier molecular flexibility index (Phi) is 4.14. The van der Waals surface area contributed by atoms with Crippen molar-refractivity contribution in [3.05, 3.63) is 0 Å². The first kappa shape index (κ1) is 12.5. The van der Waals surface area contributed by atoms with E-state index in [0.717, 1.165) is 32.5 Å². The number of nitrogens with zero attached hydrogens (tertiary/aromatic N) is 1.